The topological polar surface area (TPSA) is 97.4 Å². The normalized spacial score (nSPS) is 10.7. The predicted molar refractivity (Wildman–Crippen MR) is 96.3 cm³/mol. The molecule has 0 aliphatic rings. The molecule has 7 nitrogen and oxygen atoms in total. The SMILES string of the molecule is COC(=O)c1cccc(NC(=O)C(C)(C)C(=O)NCc2cccnc2)c1. The predicted octanol–water partition coefficient (Wildman–Crippen LogP) is 2.15. The summed E-state index contributed by atoms with van der Waals surface area (Å²) in [6, 6.07) is 9.93. The Labute approximate surface area is 151 Å². The van der Waals surface area contributed by atoms with Gasteiger partial charge in [-0.1, -0.05) is 12.1 Å². The minimum absolute atomic E-state index is 0.279. The average Bonchev–Trinajstić information content (AvgIpc) is 2.66. The van der Waals surface area contributed by atoms with Crippen molar-refractivity contribution in [1.29, 1.82) is 0 Å². The number of benzene rings is 1. The number of esters is 1. The molecule has 1 aromatic heterocycles. The Morgan fingerprint density at radius 2 is 1.88 bits per heavy atom. The van der Waals surface area contributed by atoms with Crippen LogP contribution in [0.3, 0.4) is 0 Å². The van der Waals surface area contributed by atoms with E-state index in [1.54, 1.807) is 36.7 Å². The van der Waals surface area contributed by atoms with Crippen LogP contribution < -0.4 is 10.6 Å². The van der Waals surface area contributed by atoms with Gasteiger partial charge in [0.2, 0.25) is 11.8 Å². The van der Waals surface area contributed by atoms with Crippen LogP contribution in [0.1, 0.15) is 29.8 Å². The van der Waals surface area contributed by atoms with Gasteiger partial charge in [0.1, 0.15) is 5.41 Å². The minimum atomic E-state index is -1.30. The fraction of sp³-hybridized carbons (Fsp3) is 0.263. The Hall–Kier alpha value is -3.22. The molecule has 0 saturated heterocycles. The first-order chi connectivity index (χ1) is 12.3. The van der Waals surface area contributed by atoms with Crippen LogP contribution in [0.5, 0.6) is 0 Å². The second-order valence-corrected chi connectivity index (χ2v) is 6.20. The van der Waals surface area contributed by atoms with Crippen LogP contribution in [0, 0.1) is 5.41 Å². The molecule has 7 heteroatoms. The summed E-state index contributed by atoms with van der Waals surface area (Å²) in [4.78, 5) is 40.5. The largest absolute Gasteiger partial charge is 0.465 e. The molecule has 2 aromatic rings. The molecule has 136 valence electrons. The number of nitrogens with one attached hydrogen (secondary N) is 2. The quantitative estimate of drug-likeness (QED) is 0.611. The third-order valence-electron chi connectivity index (χ3n) is 3.85. The molecule has 0 unspecified atom stereocenters. The lowest BCUT2D eigenvalue weighted by Crippen LogP contribution is -2.44. The molecular formula is C19H21N3O4. The molecule has 2 N–H and O–H groups in total. The lowest BCUT2D eigenvalue weighted by Gasteiger charge is -2.23. The minimum Gasteiger partial charge on any atom is -0.465 e. The molecule has 0 spiro atoms. The number of amides is 2. The molecule has 0 aliphatic carbocycles. The van der Waals surface area contributed by atoms with Gasteiger partial charge < -0.3 is 15.4 Å². The highest BCUT2D eigenvalue weighted by atomic mass is 16.5. The number of hydrogen-bond donors (Lipinski definition) is 2. The number of carbonyl (C=O) groups excluding carboxylic acids is 3. The molecule has 0 fully saturated rings. The molecule has 2 amide bonds. The highest BCUT2D eigenvalue weighted by Gasteiger charge is 2.36. The van der Waals surface area contributed by atoms with Crippen LogP contribution in [0.2, 0.25) is 0 Å². The first kappa shape index (κ1) is 19.1. The van der Waals surface area contributed by atoms with Crippen molar-refractivity contribution in [3.05, 3.63) is 59.9 Å². The number of hydrogen-bond acceptors (Lipinski definition) is 5. The van der Waals surface area contributed by atoms with Gasteiger partial charge in [-0.3, -0.25) is 14.6 Å². The van der Waals surface area contributed by atoms with Gasteiger partial charge in [0.05, 0.1) is 12.7 Å². The molecule has 26 heavy (non-hydrogen) atoms. The van der Waals surface area contributed by atoms with Gasteiger partial charge in [-0.25, -0.2) is 4.79 Å². The van der Waals surface area contributed by atoms with Crippen molar-refractivity contribution in [3.63, 3.8) is 0 Å². The van der Waals surface area contributed by atoms with Crippen LogP contribution in [0.25, 0.3) is 0 Å². The molecule has 0 saturated carbocycles. The van der Waals surface area contributed by atoms with Gasteiger partial charge in [0.25, 0.3) is 0 Å². The first-order valence-electron chi connectivity index (χ1n) is 8.01. The second-order valence-electron chi connectivity index (χ2n) is 6.20. The summed E-state index contributed by atoms with van der Waals surface area (Å²) in [7, 11) is 1.28. The maximum absolute atomic E-state index is 12.5. The van der Waals surface area contributed by atoms with Crippen LogP contribution in [0.15, 0.2) is 48.8 Å². The van der Waals surface area contributed by atoms with E-state index in [1.165, 1.54) is 27.0 Å². The average molecular weight is 355 g/mol. The Morgan fingerprint density at radius 1 is 1.12 bits per heavy atom. The van der Waals surface area contributed by atoms with Gasteiger partial charge in [0.15, 0.2) is 0 Å². The number of methoxy groups -OCH3 is 1. The molecule has 1 aromatic carbocycles. The van der Waals surface area contributed by atoms with Gasteiger partial charge >= 0.3 is 5.97 Å². The number of nitrogens with zero attached hydrogens (tertiary/aromatic N) is 1. The van der Waals surface area contributed by atoms with Crippen LogP contribution >= 0.6 is 0 Å². The van der Waals surface area contributed by atoms with E-state index >= 15 is 0 Å². The van der Waals surface area contributed by atoms with E-state index in [9.17, 15) is 14.4 Å². The van der Waals surface area contributed by atoms with Crippen LogP contribution in [0.4, 0.5) is 5.69 Å². The fourth-order valence-electron chi connectivity index (χ4n) is 2.14. The van der Waals surface area contributed by atoms with Crippen molar-refractivity contribution in [2.75, 3.05) is 12.4 Å². The monoisotopic (exact) mass is 355 g/mol. The third kappa shape index (κ3) is 4.66. The number of rotatable bonds is 6. The Kier molecular flexibility index (Phi) is 6.06. The summed E-state index contributed by atoms with van der Waals surface area (Å²) in [5.74, 6) is -1.40. The number of ether oxygens (including phenoxy) is 1. The molecule has 1 heterocycles. The Bertz CT molecular complexity index is 803. The zero-order chi connectivity index (χ0) is 19.2. The lowest BCUT2D eigenvalue weighted by atomic mass is 9.90. The van der Waals surface area contributed by atoms with Crippen molar-refractivity contribution in [2.45, 2.75) is 20.4 Å². The number of anilines is 1. The maximum atomic E-state index is 12.5. The van der Waals surface area contributed by atoms with E-state index in [4.69, 9.17) is 0 Å². The Morgan fingerprint density at radius 3 is 2.54 bits per heavy atom. The molecule has 0 atom stereocenters. The second kappa shape index (κ2) is 8.24. The summed E-state index contributed by atoms with van der Waals surface area (Å²) in [6.45, 7) is 3.34. The van der Waals surface area contributed by atoms with Gasteiger partial charge in [-0.05, 0) is 43.7 Å². The van der Waals surface area contributed by atoms with Crippen molar-refractivity contribution in [2.24, 2.45) is 5.41 Å². The third-order valence-corrected chi connectivity index (χ3v) is 3.85. The van der Waals surface area contributed by atoms with Gasteiger partial charge in [-0.2, -0.15) is 0 Å². The first-order valence-corrected chi connectivity index (χ1v) is 8.01. The summed E-state index contributed by atoms with van der Waals surface area (Å²) < 4.78 is 4.65. The van der Waals surface area contributed by atoms with Crippen molar-refractivity contribution in [3.8, 4) is 0 Å². The number of pyridine rings is 1. The van der Waals surface area contributed by atoms with Gasteiger partial charge in [-0.15, -0.1) is 0 Å². The number of carbonyl (C=O) groups is 3. The zero-order valence-corrected chi connectivity index (χ0v) is 14.9. The number of aromatic nitrogens is 1. The van der Waals surface area contributed by atoms with Crippen LogP contribution in [-0.4, -0.2) is 29.9 Å². The lowest BCUT2D eigenvalue weighted by molar-refractivity contribution is -0.138. The van der Waals surface area contributed by atoms with E-state index < -0.39 is 23.2 Å². The zero-order valence-electron chi connectivity index (χ0n) is 14.9. The smallest absolute Gasteiger partial charge is 0.337 e. The van der Waals surface area contributed by atoms with E-state index in [-0.39, 0.29) is 6.54 Å². The van der Waals surface area contributed by atoms with Crippen molar-refractivity contribution >= 4 is 23.5 Å². The molecule has 0 radical (unpaired) electrons. The summed E-state index contributed by atoms with van der Waals surface area (Å²) in [5, 5.41) is 5.39. The maximum Gasteiger partial charge on any atom is 0.337 e. The molecular weight excluding hydrogens is 334 g/mol. The van der Waals surface area contributed by atoms with Crippen molar-refractivity contribution in [1.82, 2.24) is 10.3 Å². The van der Waals surface area contributed by atoms with Gasteiger partial charge in [0, 0.05) is 24.6 Å². The summed E-state index contributed by atoms with van der Waals surface area (Å²) in [6.07, 6.45) is 3.29. The highest BCUT2D eigenvalue weighted by Crippen LogP contribution is 2.20. The van der Waals surface area contributed by atoms with E-state index in [1.807, 2.05) is 6.07 Å². The summed E-state index contributed by atoms with van der Waals surface area (Å²) >= 11 is 0. The van der Waals surface area contributed by atoms with Crippen LogP contribution in [-0.2, 0) is 20.9 Å². The molecule has 2 rings (SSSR count). The molecule has 0 aliphatic heterocycles. The van der Waals surface area contributed by atoms with E-state index in [0.717, 1.165) is 5.56 Å². The molecule has 0 bridgehead atoms. The van der Waals surface area contributed by atoms with Crippen molar-refractivity contribution < 1.29 is 19.1 Å². The van der Waals surface area contributed by atoms with E-state index in [0.29, 0.717) is 11.3 Å². The fourth-order valence-corrected chi connectivity index (χ4v) is 2.14. The van der Waals surface area contributed by atoms with E-state index in [2.05, 4.69) is 20.4 Å². The summed E-state index contributed by atoms with van der Waals surface area (Å²) in [5.41, 5.74) is 0.252. The standard InChI is InChI=1S/C19H21N3O4/c1-19(2,17(24)21-12-13-6-5-9-20-11-13)18(25)22-15-8-4-7-14(10-15)16(23)26-3/h4-11H,12H2,1-3H3,(H,21,24)(H,22,25). The highest BCUT2D eigenvalue weighted by molar-refractivity contribution is 6.10. The Balaban J connectivity index is 2.02.